The van der Waals surface area contributed by atoms with Gasteiger partial charge in [-0.05, 0) is 42.5 Å². The molecule has 2 heterocycles. The number of nitrogens with zero attached hydrogens (tertiary/aromatic N) is 2. The fraction of sp³-hybridized carbons (Fsp3) is 0.192. The Hall–Kier alpha value is -4.40. The molecular weight excluding hydrogens is 604 g/mol. The predicted octanol–water partition coefficient (Wildman–Crippen LogP) is 5.94. The molecule has 1 aromatic heterocycles. The van der Waals surface area contributed by atoms with E-state index >= 15 is 0 Å². The van der Waals surface area contributed by atoms with Gasteiger partial charge in [0, 0.05) is 34.4 Å². The molecule has 2 N–H and O–H groups in total. The van der Waals surface area contributed by atoms with Gasteiger partial charge in [-0.3, -0.25) is 18.7 Å². The van der Waals surface area contributed by atoms with E-state index in [-0.39, 0.29) is 33.3 Å². The number of fused-ring (bicyclic) bond motifs is 3. The summed E-state index contributed by atoms with van der Waals surface area (Å²) in [5.74, 6) is -4.45. The third kappa shape index (κ3) is 5.08. The molecule has 5 rings (SSSR count). The van der Waals surface area contributed by atoms with Crippen LogP contribution < -0.4 is 16.3 Å². The van der Waals surface area contributed by atoms with Crippen LogP contribution in [0.5, 0.6) is 0 Å². The van der Waals surface area contributed by atoms with Crippen LogP contribution in [0, 0.1) is 11.6 Å². The maximum absolute atomic E-state index is 14.2. The second-order valence-corrected chi connectivity index (χ2v) is 9.78. The quantitative estimate of drug-likeness (QED) is 0.278. The van der Waals surface area contributed by atoms with Crippen LogP contribution in [-0.2, 0) is 19.8 Å². The molecule has 0 unspecified atom stereocenters. The molecule has 42 heavy (non-hydrogen) atoms. The van der Waals surface area contributed by atoms with E-state index in [0.29, 0.717) is 16.7 Å². The van der Waals surface area contributed by atoms with Crippen molar-refractivity contribution < 1.29 is 44.7 Å². The van der Waals surface area contributed by atoms with E-state index in [1.165, 1.54) is 0 Å². The molecule has 1 aliphatic rings. The molecule has 3 aromatic carbocycles. The van der Waals surface area contributed by atoms with Crippen LogP contribution in [0.1, 0.15) is 43.4 Å². The van der Waals surface area contributed by atoms with Crippen molar-refractivity contribution in [2.75, 3.05) is 5.32 Å². The predicted molar refractivity (Wildman–Crippen MR) is 133 cm³/mol. The minimum atomic E-state index is -5.02. The molecule has 0 saturated heterocycles. The van der Waals surface area contributed by atoms with Crippen molar-refractivity contribution in [1.29, 1.82) is 0 Å². The van der Waals surface area contributed by atoms with Gasteiger partial charge in [-0.15, -0.1) is 0 Å². The first kappa shape index (κ1) is 29.1. The van der Waals surface area contributed by atoms with E-state index in [1.807, 2.05) is 0 Å². The summed E-state index contributed by atoms with van der Waals surface area (Å²) in [6, 6.07) is 3.73. The number of carbonyl (C=O) groups excluding carboxylic acids is 2. The van der Waals surface area contributed by atoms with Gasteiger partial charge < -0.3 is 10.6 Å². The van der Waals surface area contributed by atoms with Gasteiger partial charge in [0.15, 0.2) is 0 Å². The number of alkyl halides is 6. The van der Waals surface area contributed by atoms with Crippen molar-refractivity contribution in [3.05, 3.63) is 97.4 Å². The summed E-state index contributed by atoms with van der Waals surface area (Å²) in [5.41, 5.74) is -5.20. The van der Waals surface area contributed by atoms with Crippen molar-refractivity contribution in [3.63, 3.8) is 0 Å². The molecule has 0 radical (unpaired) electrons. The molecule has 7 nitrogen and oxygen atoms in total. The normalized spacial score (nSPS) is 15.2. The number of aromatic nitrogens is 2. The number of hydrogen-bond acceptors (Lipinski definition) is 3. The lowest BCUT2D eigenvalue weighted by molar-refractivity contribution is -0.140. The Bertz CT molecular complexity index is 1860. The molecule has 1 atom stereocenters. The standard InChI is InChI=1S/C26H15ClF8N4O3/c1-38-21-17(39(24(38)42)9-25(30,31)32)8-16(36-22(40)10-4-11(26(33,34)35)6-13(29)5-10)18-19(21)23(41)37-20(18)14-7-12(28)2-3-15(14)27/h2-8,20H,9H2,1H3,(H,36,40)(H,37,41)/t20-/m1/s1. The number of amides is 2. The van der Waals surface area contributed by atoms with Crippen molar-refractivity contribution in [1.82, 2.24) is 14.5 Å². The lowest BCUT2D eigenvalue weighted by atomic mass is 9.95. The zero-order valence-corrected chi connectivity index (χ0v) is 21.6. The largest absolute Gasteiger partial charge is 0.416 e. The van der Waals surface area contributed by atoms with Crippen LogP contribution in [0.2, 0.25) is 5.02 Å². The molecule has 2 amide bonds. The van der Waals surface area contributed by atoms with Gasteiger partial charge in [-0.1, -0.05) is 11.6 Å². The number of hydrogen-bond donors (Lipinski definition) is 2. The van der Waals surface area contributed by atoms with Crippen LogP contribution >= 0.6 is 11.6 Å². The molecular formula is C26H15ClF8N4O3. The van der Waals surface area contributed by atoms with E-state index in [0.717, 1.165) is 35.9 Å². The molecule has 0 spiro atoms. The number of nitrogens with one attached hydrogen (secondary N) is 2. The Balaban J connectivity index is 1.78. The van der Waals surface area contributed by atoms with Gasteiger partial charge in [0.1, 0.15) is 18.2 Å². The summed E-state index contributed by atoms with van der Waals surface area (Å²) in [7, 11) is 1.11. The number of anilines is 1. The first-order chi connectivity index (χ1) is 19.5. The number of carbonyl (C=O) groups is 2. The average Bonchev–Trinajstić information content (AvgIpc) is 3.33. The fourth-order valence-electron chi connectivity index (χ4n) is 4.89. The molecule has 220 valence electrons. The van der Waals surface area contributed by atoms with Gasteiger partial charge in [0.25, 0.3) is 11.8 Å². The van der Waals surface area contributed by atoms with Crippen LogP contribution in [-0.4, -0.2) is 27.1 Å². The Morgan fingerprint density at radius 1 is 1.00 bits per heavy atom. The number of benzene rings is 3. The molecule has 1 aliphatic heterocycles. The van der Waals surface area contributed by atoms with E-state index < -0.39 is 76.4 Å². The van der Waals surface area contributed by atoms with Gasteiger partial charge in [-0.25, -0.2) is 13.6 Å². The lowest BCUT2D eigenvalue weighted by Crippen LogP contribution is -2.28. The lowest BCUT2D eigenvalue weighted by Gasteiger charge is -2.19. The summed E-state index contributed by atoms with van der Waals surface area (Å²) in [6.45, 7) is -1.78. The number of imidazole rings is 1. The van der Waals surface area contributed by atoms with Crippen LogP contribution in [0.25, 0.3) is 11.0 Å². The van der Waals surface area contributed by atoms with Crippen molar-refractivity contribution in [3.8, 4) is 0 Å². The Labute approximate surface area is 234 Å². The second kappa shape index (κ2) is 9.86. The average molecular weight is 619 g/mol. The van der Waals surface area contributed by atoms with Gasteiger partial charge in [0.2, 0.25) is 0 Å². The maximum Gasteiger partial charge on any atom is 0.416 e. The first-order valence-corrected chi connectivity index (χ1v) is 12.1. The molecule has 0 aliphatic carbocycles. The monoisotopic (exact) mass is 618 g/mol. The third-order valence-electron chi connectivity index (χ3n) is 6.60. The minimum absolute atomic E-state index is 0.0385. The second-order valence-electron chi connectivity index (χ2n) is 9.38. The van der Waals surface area contributed by atoms with Crippen LogP contribution in [0.4, 0.5) is 40.8 Å². The van der Waals surface area contributed by atoms with Gasteiger partial charge >= 0.3 is 18.0 Å². The van der Waals surface area contributed by atoms with Gasteiger partial charge in [-0.2, -0.15) is 26.3 Å². The highest BCUT2D eigenvalue weighted by molar-refractivity contribution is 6.31. The highest BCUT2D eigenvalue weighted by Crippen LogP contribution is 2.43. The molecule has 0 fully saturated rings. The Morgan fingerprint density at radius 3 is 2.33 bits per heavy atom. The summed E-state index contributed by atoms with van der Waals surface area (Å²) in [4.78, 5) is 39.2. The first-order valence-electron chi connectivity index (χ1n) is 11.7. The summed E-state index contributed by atoms with van der Waals surface area (Å²) in [5, 5.41) is 4.66. The maximum atomic E-state index is 14.2. The zero-order valence-electron chi connectivity index (χ0n) is 20.8. The summed E-state index contributed by atoms with van der Waals surface area (Å²) >= 11 is 6.24. The number of rotatable bonds is 4. The molecule has 16 heteroatoms. The fourth-order valence-corrected chi connectivity index (χ4v) is 5.11. The van der Waals surface area contributed by atoms with Gasteiger partial charge in [0.05, 0.1) is 28.2 Å². The van der Waals surface area contributed by atoms with E-state index in [9.17, 15) is 49.5 Å². The van der Waals surface area contributed by atoms with Crippen molar-refractivity contribution >= 4 is 40.1 Å². The molecule has 4 aromatic rings. The Morgan fingerprint density at radius 2 is 1.69 bits per heavy atom. The Kier molecular flexibility index (Phi) is 6.83. The zero-order chi connectivity index (χ0) is 30.9. The van der Waals surface area contributed by atoms with E-state index in [1.54, 1.807) is 0 Å². The topological polar surface area (TPSA) is 85.1 Å². The van der Waals surface area contributed by atoms with Crippen molar-refractivity contribution in [2.24, 2.45) is 7.05 Å². The van der Waals surface area contributed by atoms with Crippen molar-refractivity contribution in [2.45, 2.75) is 24.9 Å². The summed E-state index contributed by atoms with van der Waals surface area (Å²) in [6.07, 6.45) is -9.92. The van der Waals surface area contributed by atoms with E-state index in [2.05, 4.69) is 10.6 Å². The SMILES string of the molecule is Cn1c(=O)n(CC(F)(F)F)c2cc(NC(=O)c3cc(F)cc(C(F)(F)F)c3)c3c(c21)C(=O)N[C@@H]3c1cc(F)ccc1Cl. The van der Waals surface area contributed by atoms with Crippen LogP contribution in [0.15, 0.2) is 47.3 Å². The molecule has 0 bridgehead atoms. The smallest absolute Gasteiger partial charge is 0.341 e. The number of halogens is 9. The van der Waals surface area contributed by atoms with Crippen LogP contribution in [0.3, 0.4) is 0 Å². The third-order valence-corrected chi connectivity index (χ3v) is 6.94. The molecule has 0 saturated carbocycles. The minimum Gasteiger partial charge on any atom is -0.341 e. The highest BCUT2D eigenvalue weighted by Gasteiger charge is 2.39. The summed E-state index contributed by atoms with van der Waals surface area (Å²) < 4.78 is 109. The van der Waals surface area contributed by atoms with E-state index in [4.69, 9.17) is 11.6 Å². The highest BCUT2D eigenvalue weighted by atomic mass is 35.5. The number of aryl methyl sites for hydroxylation is 1.